The van der Waals surface area contributed by atoms with Crippen LogP contribution in [0.2, 0.25) is 5.15 Å². The molecule has 0 spiro atoms. The quantitative estimate of drug-likeness (QED) is 0.284. The monoisotopic (exact) mass is 551 g/mol. The van der Waals surface area contributed by atoms with Crippen molar-refractivity contribution in [3.8, 4) is 17.4 Å². The van der Waals surface area contributed by atoms with Crippen LogP contribution >= 0.6 is 11.6 Å². The predicted molar refractivity (Wildman–Crippen MR) is 127 cm³/mol. The van der Waals surface area contributed by atoms with Crippen LogP contribution in [0.5, 0.6) is 5.88 Å². The Hall–Kier alpha value is -3.78. The van der Waals surface area contributed by atoms with Crippen LogP contribution in [0.4, 0.5) is 29.1 Å². The molecule has 1 N–H and O–H groups in total. The molecule has 3 aromatic heterocycles. The zero-order chi connectivity index (χ0) is 26.6. The van der Waals surface area contributed by atoms with Crippen molar-refractivity contribution >= 4 is 34.1 Å². The Labute approximate surface area is 216 Å². The van der Waals surface area contributed by atoms with Gasteiger partial charge in [-0.1, -0.05) is 16.8 Å². The maximum absolute atomic E-state index is 14.7. The van der Waals surface area contributed by atoms with Crippen molar-refractivity contribution in [1.82, 2.24) is 25.1 Å². The maximum atomic E-state index is 14.7. The SMILES string of the molecule is C[C@@H](Nc1ccc(Cl)nc1-c1noc(C(F)(F)F)n1)c1cc(F)cc2nc3c(nc12)N1CCOC[C@H]1CO3. The van der Waals surface area contributed by atoms with Gasteiger partial charge in [-0.25, -0.2) is 19.3 Å². The van der Waals surface area contributed by atoms with Gasteiger partial charge in [0.25, 0.3) is 5.88 Å². The molecule has 0 radical (unpaired) electrons. The Kier molecular flexibility index (Phi) is 5.94. The Bertz CT molecular complexity index is 1530. The predicted octanol–water partition coefficient (Wildman–Crippen LogP) is 4.66. The van der Waals surface area contributed by atoms with Crippen LogP contribution in [0.25, 0.3) is 22.6 Å². The Balaban J connectivity index is 1.39. The number of fused-ring (bicyclic) bond motifs is 4. The van der Waals surface area contributed by atoms with Crippen LogP contribution in [0.3, 0.4) is 0 Å². The number of pyridine rings is 1. The van der Waals surface area contributed by atoms with E-state index >= 15 is 0 Å². The van der Waals surface area contributed by atoms with E-state index in [0.717, 1.165) is 0 Å². The molecule has 0 bridgehead atoms. The third-order valence-corrected chi connectivity index (χ3v) is 6.42. The van der Waals surface area contributed by atoms with Crippen LogP contribution in [-0.2, 0) is 10.9 Å². The van der Waals surface area contributed by atoms with Crippen molar-refractivity contribution in [3.05, 3.63) is 46.7 Å². The summed E-state index contributed by atoms with van der Waals surface area (Å²) in [5.74, 6) is -1.62. The summed E-state index contributed by atoms with van der Waals surface area (Å²) in [5, 5.41) is 6.54. The number of hydrogen-bond donors (Lipinski definition) is 1. The van der Waals surface area contributed by atoms with Gasteiger partial charge in [0, 0.05) is 18.2 Å². The van der Waals surface area contributed by atoms with Crippen molar-refractivity contribution in [1.29, 1.82) is 0 Å². The number of benzene rings is 1. The lowest BCUT2D eigenvalue weighted by molar-refractivity contribution is -0.159. The topological polar surface area (TPSA) is 111 Å². The van der Waals surface area contributed by atoms with Crippen molar-refractivity contribution in [2.45, 2.75) is 25.2 Å². The number of hydrogen-bond acceptors (Lipinski definition) is 10. The van der Waals surface area contributed by atoms with Crippen molar-refractivity contribution < 1.29 is 31.6 Å². The normalized spacial score (nSPS) is 18.1. The largest absolute Gasteiger partial charge is 0.473 e. The molecule has 0 amide bonds. The summed E-state index contributed by atoms with van der Waals surface area (Å²) in [4.78, 5) is 18.9. The smallest absolute Gasteiger partial charge is 0.471 e. The molecule has 0 aliphatic carbocycles. The molecule has 2 aliphatic rings. The molecule has 4 aromatic rings. The Morgan fingerprint density at radius 1 is 1.13 bits per heavy atom. The number of anilines is 2. The van der Waals surface area contributed by atoms with E-state index in [4.69, 9.17) is 26.1 Å². The van der Waals surface area contributed by atoms with Gasteiger partial charge in [0.1, 0.15) is 23.3 Å². The lowest BCUT2D eigenvalue weighted by Gasteiger charge is -2.39. The van der Waals surface area contributed by atoms with E-state index in [2.05, 4.69) is 34.8 Å². The lowest BCUT2D eigenvalue weighted by atomic mass is 10.0. The molecule has 15 heteroatoms. The van der Waals surface area contributed by atoms with Gasteiger partial charge in [-0.15, -0.1) is 0 Å². The van der Waals surface area contributed by atoms with Crippen LogP contribution < -0.4 is 15.0 Å². The fraction of sp³-hybridized carbons (Fsp3) is 0.348. The summed E-state index contributed by atoms with van der Waals surface area (Å²) < 4.78 is 69.4. The van der Waals surface area contributed by atoms with E-state index in [-0.39, 0.29) is 22.6 Å². The average Bonchev–Trinajstić information content (AvgIpc) is 3.39. The van der Waals surface area contributed by atoms with Crippen molar-refractivity contribution in [2.24, 2.45) is 0 Å². The molecule has 2 aliphatic heterocycles. The number of morpholine rings is 1. The first-order chi connectivity index (χ1) is 18.2. The standard InChI is InChI=1S/C23H18ClF4N7O3/c1-10(29-14-2-3-16(24)31-18(14)19-33-22(38-34-19)23(26,27)28)13-6-11(25)7-15-17(13)32-20-21(30-15)37-9-12-8-36-5-4-35(12)20/h2-3,6-7,10,12,29H,4-5,8-9H2,1H3/t10-,12+/m1/s1. The van der Waals surface area contributed by atoms with E-state index in [1.807, 2.05) is 0 Å². The zero-order valence-electron chi connectivity index (χ0n) is 19.6. The van der Waals surface area contributed by atoms with E-state index in [0.29, 0.717) is 54.7 Å². The third-order valence-electron chi connectivity index (χ3n) is 6.21. The number of nitrogens with one attached hydrogen (secondary N) is 1. The van der Waals surface area contributed by atoms with E-state index in [1.165, 1.54) is 24.3 Å². The molecule has 10 nitrogen and oxygen atoms in total. The molecule has 6 rings (SSSR count). The summed E-state index contributed by atoms with van der Waals surface area (Å²) in [6.07, 6.45) is -4.83. The van der Waals surface area contributed by atoms with Crippen molar-refractivity contribution in [2.75, 3.05) is 36.6 Å². The summed E-state index contributed by atoms with van der Waals surface area (Å²) in [6.45, 7) is 3.75. The number of nitrogens with zero attached hydrogens (tertiary/aromatic N) is 6. The summed E-state index contributed by atoms with van der Waals surface area (Å²) in [5.41, 5.74) is 1.36. The van der Waals surface area contributed by atoms with Gasteiger partial charge in [0.15, 0.2) is 5.82 Å². The number of alkyl halides is 3. The van der Waals surface area contributed by atoms with E-state index in [9.17, 15) is 17.6 Å². The minimum Gasteiger partial charge on any atom is -0.473 e. The first-order valence-electron chi connectivity index (χ1n) is 11.5. The third kappa shape index (κ3) is 4.43. The minimum atomic E-state index is -4.83. The molecule has 0 unspecified atom stereocenters. The second-order valence-electron chi connectivity index (χ2n) is 8.77. The van der Waals surface area contributed by atoms with Crippen LogP contribution in [0.15, 0.2) is 28.8 Å². The highest BCUT2D eigenvalue weighted by atomic mass is 35.5. The van der Waals surface area contributed by atoms with Gasteiger partial charge >= 0.3 is 12.1 Å². The number of rotatable bonds is 4. The fourth-order valence-electron chi connectivity index (χ4n) is 4.45. The second-order valence-corrected chi connectivity index (χ2v) is 9.15. The van der Waals surface area contributed by atoms with Gasteiger partial charge in [0.05, 0.1) is 42.0 Å². The highest BCUT2D eigenvalue weighted by Gasteiger charge is 2.39. The van der Waals surface area contributed by atoms with Crippen LogP contribution in [0.1, 0.15) is 24.4 Å². The molecule has 1 saturated heterocycles. The molecule has 38 heavy (non-hydrogen) atoms. The molecule has 2 atom stereocenters. The maximum Gasteiger partial charge on any atom is 0.471 e. The minimum absolute atomic E-state index is 0.00493. The number of ether oxygens (including phenoxy) is 2. The van der Waals surface area contributed by atoms with Gasteiger partial charge in [-0.3, -0.25) is 0 Å². The molecule has 1 aromatic carbocycles. The summed E-state index contributed by atoms with van der Waals surface area (Å²) >= 11 is 6.00. The van der Waals surface area contributed by atoms with E-state index in [1.54, 1.807) is 6.92 Å². The highest BCUT2D eigenvalue weighted by Crippen LogP contribution is 2.37. The van der Waals surface area contributed by atoms with Gasteiger partial charge in [0.2, 0.25) is 5.82 Å². The van der Waals surface area contributed by atoms with Crippen molar-refractivity contribution in [3.63, 3.8) is 0 Å². The summed E-state index contributed by atoms with van der Waals surface area (Å²) in [6, 6.07) is 4.91. The number of halogens is 5. The number of aromatic nitrogens is 5. The first kappa shape index (κ1) is 24.6. The molecule has 1 fully saturated rings. The lowest BCUT2D eigenvalue weighted by Crippen LogP contribution is -2.51. The molecular formula is C23H18ClF4N7O3. The van der Waals surface area contributed by atoms with Gasteiger partial charge in [-0.05, 0) is 25.1 Å². The Morgan fingerprint density at radius 2 is 1.97 bits per heavy atom. The van der Waals surface area contributed by atoms with E-state index < -0.39 is 29.8 Å². The zero-order valence-corrected chi connectivity index (χ0v) is 20.3. The molecular weight excluding hydrogens is 534 g/mol. The average molecular weight is 552 g/mol. The Morgan fingerprint density at radius 3 is 2.76 bits per heavy atom. The molecule has 5 heterocycles. The van der Waals surface area contributed by atoms with Crippen LogP contribution in [0, 0.1) is 5.82 Å². The second kappa shape index (κ2) is 9.20. The first-order valence-corrected chi connectivity index (χ1v) is 11.9. The molecule has 198 valence electrons. The van der Waals surface area contributed by atoms with Gasteiger partial charge in [-0.2, -0.15) is 18.2 Å². The fourth-order valence-corrected chi connectivity index (χ4v) is 4.60. The molecule has 0 saturated carbocycles. The highest BCUT2D eigenvalue weighted by molar-refractivity contribution is 6.29. The van der Waals surface area contributed by atoms with Gasteiger partial charge < -0.3 is 24.2 Å². The van der Waals surface area contributed by atoms with Crippen LogP contribution in [-0.4, -0.2) is 57.5 Å². The summed E-state index contributed by atoms with van der Waals surface area (Å²) in [7, 11) is 0.